The van der Waals surface area contributed by atoms with Crippen LogP contribution in [0.2, 0.25) is 5.02 Å². The van der Waals surface area contributed by atoms with Crippen molar-refractivity contribution in [2.24, 2.45) is 0 Å². The molecule has 0 aliphatic heterocycles. The van der Waals surface area contributed by atoms with Gasteiger partial charge < -0.3 is 10.2 Å². The quantitative estimate of drug-likeness (QED) is 0.889. The molecule has 2 amide bonds. The van der Waals surface area contributed by atoms with Crippen molar-refractivity contribution in [1.82, 2.24) is 24.5 Å². The fourth-order valence-electron chi connectivity index (χ4n) is 2.14. The van der Waals surface area contributed by atoms with E-state index in [4.69, 9.17) is 11.6 Å². The van der Waals surface area contributed by atoms with Crippen LogP contribution in [0.15, 0.2) is 18.6 Å². The Morgan fingerprint density at radius 2 is 1.96 bits per heavy atom. The van der Waals surface area contributed by atoms with Gasteiger partial charge in [0, 0.05) is 26.8 Å². The SMILES string of the molecule is CCn1ncc(NC(=O)C(C)(C)n2cc(Cl)cn2)c1C(=O)N(C)C. The fraction of sp³-hybridized carbons (Fsp3) is 0.467. The first-order chi connectivity index (χ1) is 11.2. The highest BCUT2D eigenvalue weighted by Gasteiger charge is 2.32. The van der Waals surface area contributed by atoms with Gasteiger partial charge in [0.2, 0.25) is 0 Å². The van der Waals surface area contributed by atoms with Crippen molar-refractivity contribution in [2.45, 2.75) is 32.9 Å². The maximum Gasteiger partial charge on any atom is 0.273 e. The molecule has 8 nitrogen and oxygen atoms in total. The molecule has 24 heavy (non-hydrogen) atoms. The van der Waals surface area contributed by atoms with Crippen LogP contribution in [0.1, 0.15) is 31.3 Å². The number of anilines is 1. The average molecular weight is 353 g/mol. The summed E-state index contributed by atoms with van der Waals surface area (Å²) >= 11 is 5.88. The number of carbonyl (C=O) groups is 2. The molecule has 2 heterocycles. The predicted molar refractivity (Wildman–Crippen MR) is 91.1 cm³/mol. The van der Waals surface area contributed by atoms with Crippen LogP contribution in [0.3, 0.4) is 0 Å². The largest absolute Gasteiger partial charge is 0.343 e. The Morgan fingerprint density at radius 1 is 1.29 bits per heavy atom. The minimum Gasteiger partial charge on any atom is -0.343 e. The Bertz CT molecular complexity index is 762. The van der Waals surface area contributed by atoms with Crippen LogP contribution < -0.4 is 5.32 Å². The summed E-state index contributed by atoms with van der Waals surface area (Å²) in [6.45, 7) is 5.82. The van der Waals surface area contributed by atoms with Crippen LogP contribution in [0.25, 0.3) is 0 Å². The molecule has 0 aromatic carbocycles. The van der Waals surface area contributed by atoms with Gasteiger partial charge in [-0.25, -0.2) is 0 Å². The third kappa shape index (κ3) is 3.28. The number of carbonyl (C=O) groups excluding carboxylic acids is 2. The van der Waals surface area contributed by atoms with E-state index >= 15 is 0 Å². The van der Waals surface area contributed by atoms with Gasteiger partial charge in [0.25, 0.3) is 11.8 Å². The third-order valence-corrected chi connectivity index (χ3v) is 3.87. The van der Waals surface area contributed by atoms with Crippen molar-refractivity contribution in [2.75, 3.05) is 19.4 Å². The highest BCUT2D eigenvalue weighted by Crippen LogP contribution is 2.22. The lowest BCUT2D eigenvalue weighted by Gasteiger charge is -2.24. The number of nitrogens with zero attached hydrogens (tertiary/aromatic N) is 5. The maximum absolute atomic E-state index is 12.7. The summed E-state index contributed by atoms with van der Waals surface area (Å²) in [7, 11) is 3.30. The molecule has 9 heteroatoms. The molecule has 0 saturated heterocycles. The van der Waals surface area contributed by atoms with Gasteiger partial charge in [0.1, 0.15) is 11.2 Å². The molecule has 1 N–H and O–H groups in total. The Balaban J connectivity index is 2.32. The van der Waals surface area contributed by atoms with Crippen LogP contribution in [0.5, 0.6) is 0 Å². The lowest BCUT2D eigenvalue weighted by molar-refractivity contribution is -0.123. The van der Waals surface area contributed by atoms with E-state index in [2.05, 4.69) is 15.5 Å². The summed E-state index contributed by atoms with van der Waals surface area (Å²) in [5.41, 5.74) is -0.281. The molecular weight excluding hydrogens is 332 g/mol. The average Bonchev–Trinajstić information content (AvgIpc) is 3.12. The van der Waals surface area contributed by atoms with E-state index in [-0.39, 0.29) is 11.8 Å². The van der Waals surface area contributed by atoms with Crippen molar-refractivity contribution in [1.29, 1.82) is 0 Å². The minimum absolute atomic E-state index is 0.232. The number of hydrogen-bond donors (Lipinski definition) is 1. The number of aromatic nitrogens is 4. The fourth-order valence-corrected chi connectivity index (χ4v) is 2.28. The van der Waals surface area contributed by atoms with E-state index in [0.717, 1.165) is 0 Å². The first-order valence-corrected chi connectivity index (χ1v) is 7.85. The van der Waals surface area contributed by atoms with Crippen LogP contribution >= 0.6 is 11.6 Å². The monoisotopic (exact) mass is 352 g/mol. The summed E-state index contributed by atoms with van der Waals surface area (Å²) in [5, 5.41) is 11.5. The summed E-state index contributed by atoms with van der Waals surface area (Å²) in [5.74, 6) is -0.560. The van der Waals surface area contributed by atoms with Gasteiger partial charge in [0.05, 0.1) is 23.1 Å². The number of nitrogens with one attached hydrogen (secondary N) is 1. The van der Waals surface area contributed by atoms with Crippen LogP contribution in [0, 0.1) is 0 Å². The molecule has 0 radical (unpaired) electrons. The first-order valence-electron chi connectivity index (χ1n) is 7.48. The van der Waals surface area contributed by atoms with Crippen LogP contribution in [-0.4, -0.2) is 50.4 Å². The van der Waals surface area contributed by atoms with Crippen molar-refractivity contribution in [3.8, 4) is 0 Å². The molecule has 130 valence electrons. The highest BCUT2D eigenvalue weighted by atomic mass is 35.5. The molecule has 0 aliphatic rings. The van der Waals surface area contributed by atoms with E-state index in [0.29, 0.717) is 22.9 Å². The lowest BCUT2D eigenvalue weighted by Crippen LogP contribution is -2.41. The van der Waals surface area contributed by atoms with E-state index in [1.54, 1.807) is 38.8 Å². The predicted octanol–water partition coefficient (Wildman–Crippen LogP) is 1.83. The molecule has 0 unspecified atom stereocenters. The molecular formula is C15H21ClN6O2. The maximum atomic E-state index is 12.7. The van der Waals surface area contributed by atoms with Gasteiger partial charge in [-0.2, -0.15) is 10.2 Å². The van der Waals surface area contributed by atoms with Crippen LogP contribution in [-0.2, 0) is 16.9 Å². The zero-order valence-corrected chi connectivity index (χ0v) is 15.1. The zero-order chi connectivity index (χ0) is 18.1. The standard InChI is InChI=1S/C15H21ClN6O2/c1-6-21-12(13(23)20(4)5)11(8-17-21)19-14(24)15(2,3)22-9-10(16)7-18-22/h7-9H,6H2,1-5H3,(H,19,24). The Hall–Kier alpha value is -2.35. The first kappa shape index (κ1) is 18.0. The summed E-state index contributed by atoms with van der Waals surface area (Å²) in [6.07, 6.45) is 4.51. The lowest BCUT2D eigenvalue weighted by atomic mass is 10.0. The molecule has 0 atom stereocenters. The number of halogens is 1. The molecule has 0 fully saturated rings. The minimum atomic E-state index is -0.986. The molecule has 0 saturated carbocycles. The number of aryl methyl sites for hydroxylation is 1. The molecule has 0 spiro atoms. The Labute approximate surface area is 145 Å². The molecule has 0 bridgehead atoms. The number of amides is 2. The molecule has 2 aromatic heterocycles. The summed E-state index contributed by atoms with van der Waals surface area (Å²) < 4.78 is 3.03. The number of rotatable bonds is 5. The Kier molecular flexibility index (Phi) is 4.98. The van der Waals surface area contributed by atoms with E-state index in [9.17, 15) is 9.59 Å². The topological polar surface area (TPSA) is 85.0 Å². The molecule has 2 rings (SSSR count). The van der Waals surface area contributed by atoms with E-state index in [1.807, 2.05) is 6.92 Å². The van der Waals surface area contributed by atoms with Gasteiger partial charge in [0.15, 0.2) is 0 Å². The van der Waals surface area contributed by atoms with Crippen LogP contribution in [0.4, 0.5) is 5.69 Å². The van der Waals surface area contributed by atoms with Crippen molar-refractivity contribution in [3.05, 3.63) is 29.3 Å². The van der Waals surface area contributed by atoms with E-state index in [1.165, 1.54) is 22.0 Å². The van der Waals surface area contributed by atoms with Gasteiger partial charge in [-0.15, -0.1) is 0 Å². The third-order valence-electron chi connectivity index (χ3n) is 3.68. The van der Waals surface area contributed by atoms with Gasteiger partial charge in [-0.05, 0) is 20.8 Å². The zero-order valence-electron chi connectivity index (χ0n) is 14.4. The smallest absolute Gasteiger partial charge is 0.273 e. The summed E-state index contributed by atoms with van der Waals surface area (Å²) in [4.78, 5) is 26.5. The highest BCUT2D eigenvalue weighted by molar-refractivity contribution is 6.30. The second-order valence-electron chi connectivity index (χ2n) is 6.04. The molecule has 2 aromatic rings. The van der Waals surface area contributed by atoms with Crippen molar-refractivity contribution >= 4 is 29.1 Å². The van der Waals surface area contributed by atoms with Crippen molar-refractivity contribution < 1.29 is 9.59 Å². The number of hydrogen-bond acceptors (Lipinski definition) is 4. The van der Waals surface area contributed by atoms with Gasteiger partial charge >= 0.3 is 0 Å². The van der Waals surface area contributed by atoms with Crippen molar-refractivity contribution in [3.63, 3.8) is 0 Å². The second-order valence-corrected chi connectivity index (χ2v) is 6.47. The second kappa shape index (κ2) is 6.64. The van der Waals surface area contributed by atoms with Gasteiger partial charge in [-0.1, -0.05) is 11.6 Å². The van der Waals surface area contributed by atoms with E-state index < -0.39 is 5.54 Å². The Morgan fingerprint density at radius 3 is 2.46 bits per heavy atom. The van der Waals surface area contributed by atoms with Gasteiger partial charge in [-0.3, -0.25) is 19.0 Å². The summed E-state index contributed by atoms with van der Waals surface area (Å²) in [6, 6.07) is 0. The molecule has 0 aliphatic carbocycles. The normalized spacial score (nSPS) is 11.4.